The van der Waals surface area contributed by atoms with E-state index >= 15 is 0 Å². The van der Waals surface area contributed by atoms with Crippen molar-refractivity contribution < 1.29 is 9.90 Å². The Bertz CT molecular complexity index is 409. The van der Waals surface area contributed by atoms with Crippen molar-refractivity contribution in [1.82, 2.24) is 20.3 Å². The summed E-state index contributed by atoms with van der Waals surface area (Å²) in [7, 11) is 0. The van der Waals surface area contributed by atoms with Crippen LogP contribution in [0, 0.1) is 0 Å². The van der Waals surface area contributed by atoms with Crippen LogP contribution in [-0.4, -0.2) is 32.0 Å². The summed E-state index contributed by atoms with van der Waals surface area (Å²) in [6.07, 6.45) is 8.03. The van der Waals surface area contributed by atoms with Crippen LogP contribution in [0.3, 0.4) is 0 Å². The largest absolute Gasteiger partial charge is 0.387 e. The third-order valence-electron chi connectivity index (χ3n) is 3.51. The van der Waals surface area contributed by atoms with Crippen LogP contribution in [0.4, 0.5) is 0 Å². The average Bonchev–Trinajstić information content (AvgIpc) is 2.67. The molecule has 2 rings (SSSR count). The van der Waals surface area contributed by atoms with Crippen LogP contribution in [0.2, 0.25) is 0 Å². The highest BCUT2D eigenvalue weighted by Gasteiger charge is 2.15. The van der Waals surface area contributed by atoms with Crippen LogP contribution in [-0.2, 0) is 11.3 Å². The fourth-order valence-electron chi connectivity index (χ4n) is 2.43. The number of aromatic nitrogens is 3. The van der Waals surface area contributed by atoms with Gasteiger partial charge in [-0.1, -0.05) is 30.9 Å². The lowest BCUT2D eigenvalue weighted by Crippen LogP contribution is -2.36. The van der Waals surface area contributed by atoms with E-state index in [1.165, 1.54) is 30.4 Å². The molecular formula is C13H22N4O2. The van der Waals surface area contributed by atoms with Crippen molar-refractivity contribution in [2.24, 2.45) is 0 Å². The number of aliphatic hydroxyl groups is 1. The quantitative estimate of drug-likeness (QED) is 0.802. The van der Waals surface area contributed by atoms with Gasteiger partial charge in [0, 0.05) is 6.04 Å². The predicted molar refractivity (Wildman–Crippen MR) is 70.3 cm³/mol. The number of carbonyl (C=O) groups excluding carboxylic acids is 1. The van der Waals surface area contributed by atoms with E-state index in [1.807, 2.05) is 0 Å². The second-order valence-electron chi connectivity index (χ2n) is 5.27. The van der Waals surface area contributed by atoms with Crippen molar-refractivity contribution in [2.75, 3.05) is 0 Å². The maximum absolute atomic E-state index is 11.9. The third kappa shape index (κ3) is 4.31. The zero-order valence-electron chi connectivity index (χ0n) is 11.4. The molecule has 6 nitrogen and oxygen atoms in total. The number of nitrogens with zero attached hydrogens (tertiary/aromatic N) is 3. The molecule has 19 heavy (non-hydrogen) atoms. The lowest BCUT2D eigenvalue weighted by atomic mass is 10.1. The summed E-state index contributed by atoms with van der Waals surface area (Å²) >= 11 is 0. The van der Waals surface area contributed by atoms with Gasteiger partial charge < -0.3 is 10.4 Å². The van der Waals surface area contributed by atoms with Crippen molar-refractivity contribution >= 4 is 5.91 Å². The van der Waals surface area contributed by atoms with Crippen LogP contribution < -0.4 is 5.32 Å². The first-order chi connectivity index (χ1) is 9.15. The van der Waals surface area contributed by atoms with E-state index < -0.39 is 6.10 Å². The number of hydrogen-bond donors (Lipinski definition) is 2. The van der Waals surface area contributed by atoms with Crippen molar-refractivity contribution in [3.05, 3.63) is 11.9 Å². The molecule has 1 saturated carbocycles. The van der Waals surface area contributed by atoms with E-state index in [0.717, 1.165) is 12.8 Å². The Hall–Kier alpha value is -1.43. The second-order valence-corrected chi connectivity index (χ2v) is 5.27. The number of rotatable bonds is 4. The highest BCUT2D eigenvalue weighted by atomic mass is 16.3. The zero-order chi connectivity index (χ0) is 13.7. The van der Waals surface area contributed by atoms with Gasteiger partial charge in [0.15, 0.2) is 0 Å². The fraction of sp³-hybridized carbons (Fsp3) is 0.769. The molecule has 1 aromatic heterocycles. The summed E-state index contributed by atoms with van der Waals surface area (Å²) < 4.78 is 1.47. The Morgan fingerprint density at radius 2 is 2.16 bits per heavy atom. The first kappa shape index (κ1) is 14.0. The Morgan fingerprint density at radius 3 is 2.74 bits per heavy atom. The maximum atomic E-state index is 11.9. The zero-order valence-corrected chi connectivity index (χ0v) is 11.4. The molecule has 0 spiro atoms. The molecular weight excluding hydrogens is 244 g/mol. The minimum Gasteiger partial charge on any atom is -0.387 e. The van der Waals surface area contributed by atoms with E-state index in [9.17, 15) is 9.90 Å². The molecule has 2 N–H and O–H groups in total. The van der Waals surface area contributed by atoms with Gasteiger partial charge in [0.05, 0.1) is 12.3 Å². The van der Waals surface area contributed by atoms with Gasteiger partial charge in [-0.25, -0.2) is 4.68 Å². The van der Waals surface area contributed by atoms with Gasteiger partial charge in [0.1, 0.15) is 12.2 Å². The number of hydrogen-bond acceptors (Lipinski definition) is 4. The molecule has 1 fully saturated rings. The first-order valence-electron chi connectivity index (χ1n) is 7.02. The van der Waals surface area contributed by atoms with E-state index in [4.69, 9.17) is 0 Å². The summed E-state index contributed by atoms with van der Waals surface area (Å²) in [6, 6.07) is 0.301. The van der Waals surface area contributed by atoms with Crippen LogP contribution in [0.25, 0.3) is 0 Å². The van der Waals surface area contributed by atoms with Gasteiger partial charge in [0.2, 0.25) is 5.91 Å². The SMILES string of the molecule is CC(O)c1cn(CC(=O)NC2CCCCCC2)nn1. The topological polar surface area (TPSA) is 80.0 Å². The molecule has 1 aliphatic carbocycles. The predicted octanol–water partition coefficient (Wildman–Crippen LogP) is 1.17. The third-order valence-corrected chi connectivity index (χ3v) is 3.51. The molecule has 1 heterocycles. The van der Waals surface area contributed by atoms with Crippen LogP contribution in [0.1, 0.15) is 57.2 Å². The summed E-state index contributed by atoms with van der Waals surface area (Å²) in [5.74, 6) is -0.0334. The van der Waals surface area contributed by atoms with Crippen molar-refractivity contribution in [2.45, 2.75) is 64.1 Å². The van der Waals surface area contributed by atoms with E-state index in [1.54, 1.807) is 13.1 Å². The van der Waals surface area contributed by atoms with Crippen LogP contribution in [0.5, 0.6) is 0 Å². The molecule has 0 saturated heterocycles. The van der Waals surface area contributed by atoms with Crippen molar-refractivity contribution in [1.29, 1.82) is 0 Å². The molecule has 1 unspecified atom stereocenters. The summed E-state index contributed by atoms with van der Waals surface area (Å²) in [5.41, 5.74) is 0.488. The molecule has 0 aliphatic heterocycles. The molecule has 0 bridgehead atoms. The van der Waals surface area contributed by atoms with Crippen molar-refractivity contribution in [3.63, 3.8) is 0 Å². The fourth-order valence-corrected chi connectivity index (χ4v) is 2.43. The summed E-state index contributed by atoms with van der Waals surface area (Å²) in [6.45, 7) is 1.79. The van der Waals surface area contributed by atoms with E-state index in [2.05, 4.69) is 15.6 Å². The lowest BCUT2D eigenvalue weighted by molar-refractivity contribution is -0.122. The molecule has 6 heteroatoms. The Kier molecular flexibility index (Phi) is 4.90. The van der Waals surface area contributed by atoms with Gasteiger partial charge in [0.25, 0.3) is 0 Å². The maximum Gasteiger partial charge on any atom is 0.242 e. The first-order valence-corrected chi connectivity index (χ1v) is 7.02. The standard InChI is InChI=1S/C13H22N4O2/c1-10(18)12-8-17(16-15-12)9-13(19)14-11-6-4-2-3-5-7-11/h8,10-11,18H,2-7,9H2,1H3,(H,14,19). The number of nitrogens with one attached hydrogen (secondary N) is 1. The molecule has 106 valence electrons. The minimum atomic E-state index is -0.654. The Balaban J connectivity index is 1.82. The summed E-state index contributed by atoms with van der Waals surface area (Å²) in [5, 5.41) is 20.1. The number of amides is 1. The Morgan fingerprint density at radius 1 is 1.47 bits per heavy atom. The van der Waals surface area contributed by atoms with E-state index in [-0.39, 0.29) is 12.5 Å². The van der Waals surface area contributed by atoms with Crippen LogP contribution >= 0.6 is 0 Å². The van der Waals surface area contributed by atoms with Crippen molar-refractivity contribution in [3.8, 4) is 0 Å². The lowest BCUT2D eigenvalue weighted by Gasteiger charge is -2.15. The van der Waals surface area contributed by atoms with E-state index in [0.29, 0.717) is 11.7 Å². The molecule has 0 radical (unpaired) electrons. The molecule has 1 aliphatic rings. The molecule has 0 aromatic carbocycles. The highest BCUT2D eigenvalue weighted by Crippen LogP contribution is 2.17. The normalized spacial score (nSPS) is 18.8. The number of carbonyl (C=O) groups is 1. The van der Waals surface area contributed by atoms with Gasteiger partial charge in [-0.15, -0.1) is 5.10 Å². The molecule has 1 aromatic rings. The molecule has 1 atom stereocenters. The Labute approximate surface area is 113 Å². The number of aliphatic hydroxyl groups excluding tert-OH is 1. The highest BCUT2D eigenvalue weighted by molar-refractivity contribution is 5.75. The van der Waals surface area contributed by atoms with Gasteiger partial charge in [-0.05, 0) is 19.8 Å². The van der Waals surface area contributed by atoms with Gasteiger partial charge in [-0.3, -0.25) is 4.79 Å². The summed E-state index contributed by atoms with van der Waals surface area (Å²) in [4.78, 5) is 11.9. The second kappa shape index (κ2) is 6.65. The van der Waals surface area contributed by atoms with Crippen LogP contribution in [0.15, 0.2) is 6.20 Å². The van der Waals surface area contributed by atoms with Gasteiger partial charge in [-0.2, -0.15) is 0 Å². The monoisotopic (exact) mass is 266 g/mol. The molecule has 1 amide bonds. The minimum absolute atomic E-state index is 0.0334. The smallest absolute Gasteiger partial charge is 0.242 e. The van der Waals surface area contributed by atoms with Gasteiger partial charge >= 0.3 is 0 Å². The average molecular weight is 266 g/mol.